The third kappa shape index (κ3) is 8.83. The van der Waals surface area contributed by atoms with Crippen LogP contribution >= 0.6 is 0 Å². The van der Waals surface area contributed by atoms with Crippen LogP contribution < -0.4 is 19.0 Å². The molecule has 0 N–H and O–H groups in total. The average molecular weight is 536 g/mol. The lowest BCUT2D eigenvalue weighted by Gasteiger charge is -2.13. The Hall–Kier alpha value is -4.39. The smallest absolute Gasteiger partial charge is 0.171 e. The van der Waals surface area contributed by atoms with Crippen LogP contribution in [0.1, 0.15) is 36.8 Å². The molecule has 4 rings (SSSR count). The number of hydrogen-bond donors (Lipinski definition) is 0. The molecule has 4 aromatic rings. The van der Waals surface area contributed by atoms with Crippen LogP contribution in [0.4, 0.5) is 22.7 Å². The van der Waals surface area contributed by atoms with Gasteiger partial charge in [0.1, 0.15) is 13.1 Å². The molecule has 0 spiro atoms. The maximum absolute atomic E-state index is 4.54. The number of anilines is 2. The van der Waals surface area contributed by atoms with Crippen LogP contribution in [0.15, 0.2) is 113 Å². The van der Waals surface area contributed by atoms with E-state index in [0.29, 0.717) is 0 Å². The van der Waals surface area contributed by atoms with E-state index in [0.717, 1.165) is 47.7 Å². The van der Waals surface area contributed by atoms with Crippen molar-refractivity contribution in [1.29, 1.82) is 0 Å². The van der Waals surface area contributed by atoms with Crippen LogP contribution in [-0.4, -0.2) is 27.4 Å². The molecule has 40 heavy (non-hydrogen) atoms. The van der Waals surface area contributed by atoms with Gasteiger partial charge < -0.3 is 4.90 Å². The molecule has 0 aliphatic rings. The summed E-state index contributed by atoms with van der Waals surface area (Å²) in [4.78, 5) is 2.09. The highest BCUT2D eigenvalue weighted by molar-refractivity contribution is 5.79. The summed E-state index contributed by atoms with van der Waals surface area (Å²) in [7, 11) is 6.04. The van der Waals surface area contributed by atoms with Crippen molar-refractivity contribution in [3.63, 3.8) is 0 Å². The predicted octanol–water partition coefficient (Wildman–Crippen LogP) is 6.78. The number of hydrogen-bond acceptors (Lipinski definition) is 5. The summed E-state index contributed by atoms with van der Waals surface area (Å²) in [5.74, 6) is 0. The number of benzene rings is 2. The van der Waals surface area contributed by atoms with Crippen molar-refractivity contribution in [2.75, 3.05) is 31.1 Å². The zero-order valence-electron chi connectivity index (χ0n) is 24.2. The van der Waals surface area contributed by atoms with Gasteiger partial charge in [0.25, 0.3) is 0 Å². The average Bonchev–Trinajstić information content (AvgIpc) is 2.98. The first-order valence-electron chi connectivity index (χ1n) is 14.0. The number of aryl methyl sites for hydroxylation is 3. The summed E-state index contributed by atoms with van der Waals surface area (Å²) >= 11 is 0. The molecular formula is C33H41N7+2. The molecule has 0 saturated heterocycles. The van der Waals surface area contributed by atoms with Crippen LogP contribution in [-0.2, 0) is 13.1 Å². The van der Waals surface area contributed by atoms with E-state index in [1.807, 2.05) is 80.9 Å². The number of unbranched alkanes of at least 4 members (excludes halogenated alkanes) is 3. The van der Waals surface area contributed by atoms with Crippen molar-refractivity contribution in [3.8, 4) is 0 Å². The van der Waals surface area contributed by atoms with E-state index in [-0.39, 0.29) is 0 Å². The summed E-state index contributed by atoms with van der Waals surface area (Å²) in [6.45, 7) is 4.12. The number of azo groups is 1. The number of hydrazone groups is 1. The van der Waals surface area contributed by atoms with Gasteiger partial charge in [0.2, 0.25) is 0 Å². The van der Waals surface area contributed by atoms with Gasteiger partial charge in [-0.1, -0.05) is 18.2 Å². The Morgan fingerprint density at radius 1 is 0.675 bits per heavy atom. The fraction of sp³-hybridized carbons (Fsp3) is 0.303. The SMILES string of the molecule is Cc1cc(N(C)C)ccc1N=Nc1cc[n+](CCCCCC[n+]2ccc(C=NN(C)c3ccccc3)cc2)cc1. The van der Waals surface area contributed by atoms with Gasteiger partial charge in [0.05, 0.1) is 23.3 Å². The van der Waals surface area contributed by atoms with Crippen molar-refractivity contribution in [2.45, 2.75) is 45.7 Å². The lowest BCUT2D eigenvalue weighted by molar-refractivity contribution is -0.698. The minimum absolute atomic E-state index is 0.866. The fourth-order valence-corrected chi connectivity index (χ4v) is 4.32. The Balaban J connectivity index is 1.13. The minimum Gasteiger partial charge on any atom is -0.378 e. The largest absolute Gasteiger partial charge is 0.378 e. The van der Waals surface area contributed by atoms with Gasteiger partial charge in [-0.05, 0) is 55.7 Å². The Morgan fingerprint density at radius 3 is 1.90 bits per heavy atom. The number of aromatic nitrogens is 2. The van der Waals surface area contributed by atoms with Crippen molar-refractivity contribution in [2.24, 2.45) is 15.3 Å². The molecule has 0 fully saturated rings. The molecule has 0 amide bonds. The highest BCUT2D eigenvalue weighted by Gasteiger charge is 2.05. The first kappa shape index (κ1) is 28.6. The van der Waals surface area contributed by atoms with Gasteiger partial charge in [-0.2, -0.15) is 15.3 Å². The first-order chi connectivity index (χ1) is 19.5. The van der Waals surface area contributed by atoms with E-state index >= 15 is 0 Å². The normalized spacial score (nSPS) is 11.4. The molecule has 0 unspecified atom stereocenters. The van der Waals surface area contributed by atoms with Crippen LogP contribution in [0, 0.1) is 6.92 Å². The summed E-state index contributed by atoms with van der Waals surface area (Å²) in [5.41, 5.74) is 6.21. The Bertz CT molecular complexity index is 1380. The zero-order valence-corrected chi connectivity index (χ0v) is 24.2. The predicted molar refractivity (Wildman–Crippen MR) is 164 cm³/mol. The van der Waals surface area contributed by atoms with Crippen LogP contribution in [0.25, 0.3) is 0 Å². The second kappa shape index (κ2) is 14.7. The van der Waals surface area contributed by atoms with Crippen molar-refractivity contribution in [1.82, 2.24) is 0 Å². The molecule has 7 nitrogen and oxygen atoms in total. The third-order valence-electron chi connectivity index (χ3n) is 6.85. The monoisotopic (exact) mass is 535 g/mol. The molecule has 206 valence electrons. The molecule has 0 saturated carbocycles. The van der Waals surface area contributed by atoms with Crippen LogP contribution in [0.3, 0.4) is 0 Å². The van der Waals surface area contributed by atoms with Gasteiger partial charge in [-0.3, -0.25) is 5.01 Å². The molecular weight excluding hydrogens is 494 g/mol. The highest BCUT2D eigenvalue weighted by Crippen LogP contribution is 2.25. The van der Waals surface area contributed by atoms with E-state index in [2.05, 4.69) is 85.3 Å². The van der Waals surface area contributed by atoms with Gasteiger partial charge in [0, 0.05) is 69.5 Å². The summed E-state index contributed by atoms with van der Waals surface area (Å²) in [6, 6.07) is 24.6. The molecule has 7 heteroatoms. The first-order valence-corrected chi connectivity index (χ1v) is 14.0. The maximum Gasteiger partial charge on any atom is 0.171 e. The summed E-state index contributed by atoms with van der Waals surface area (Å²) in [6.07, 6.45) is 15.1. The zero-order chi connectivity index (χ0) is 28.2. The molecule has 0 atom stereocenters. The van der Waals surface area contributed by atoms with E-state index in [1.165, 1.54) is 24.9 Å². The van der Waals surface area contributed by atoms with E-state index in [1.54, 1.807) is 0 Å². The van der Waals surface area contributed by atoms with Gasteiger partial charge in [0.15, 0.2) is 24.8 Å². The Morgan fingerprint density at radius 2 is 1.30 bits per heavy atom. The lowest BCUT2D eigenvalue weighted by Crippen LogP contribution is -2.33. The second-order valence-electron chi connectivity index (χ2n) is 10.2. The Labute approximate surface area is 238 Å². The number of rotatable bonds is 13. The van der Waals surface area contributed by atoms with E-state index in [4.69, 9.17) is 0 Å². The molecule has 0 aliphatic carbocycles. The topological polar surface area (TPSA) is 51.3 Å². The highest BCUT2D eigenvalue weighted by atomic mass is 15.4. The van der Waals surface area contributed by atoms with E-state index < -0.39 is 0 Å². The van der Waals surface area contributed by atoms with Crippen LogP contribution in [0.5, 0.6) is 0 Å². The minimum atomic E-state index is 0.866. The number of para-hydroxylation sites is 1. The quantitative estimate of drug-likeness (QED) is 0.0623. The number of nitrogens with zero attached hydrogens (tertiary/aromatic N) is 7. The summed E-state index contributed by atoms with van der Waals surface area (Å²) in [5, 5.41) is 15.3. The standard InChI is InChI=1S/C33H41N7/c1-28-26-32(37(2)3)14-15-33(28)36-35-30-18-24-40(25-19-30)21-11-6-5-10-20-39-22-16-29(17-23-39)27-34-38(4)31-12-8-7-9-13-31/h7-9,12-19,22-27H,5-6,10-11,20-21H2,1-4H3/q+2. The van der Waals surface area contributed by atoms with Gasteiger partial charge >= 0.3 is 0 Å². The molecule has 0 radical (unpaired) electrons. The van der Waals surface area contributed by atoms with Crippen LogP contribution in [0.2, 0.25) is 0 Å². The van der Waals surface area contributed by atoms with E-state index in [9.17, 15) is 0 Å². The van der Waals surface area contributed by atoms with Crippen molar-refractivity contribution >= 4 is 29.0 Å². The lowest BCUT2D eigenvalue weighted by atomic mass is 10.2. The molecule has 2 heterocycles. The molecule has 2 aromatic heterocycles. The molecule has 0 aliphatic heterocycles. The number of pyridine rings is 2. The molecule has 0 bridgehead atoms. The second-order valence-corrected chi connectivity index (χ2v) is 10.2. The molecule has 2 aromatic carbocycles. The van der Waals surface area contributed by atoms with Crippen molar-refractivity contribution < 1.29 is 9.13 Å². The van der Waals surface area contributed by atoms with Crippen molar-refractivity contribution in [3.05, 3.63) is 109 Å². The summed E-state index contributed by atoms with van der Waals surface area (Å²) < 4.78 is 4.47. The van der Waals surface area contributed by atoms with Gasteiger partial charge in [-0.15, -0.1) is 0 Å². The van der Waals surface area contributed by atoms with Gasteiger partial charge in [-0.25, -0.2) is 9.13 Å². The fourth-order valence-electron chi connectivity index (χ4n) is 4.32. The maximum atomic E-state index is 4.54. The Kier molecular flexibility index (Phi) is 10.5. The third-order valence-corrected chi connectivity index (χ3v) is 6.85.